The van der Waals surface area contributed by atoms with Crippen molar-refractivity contribution in [2.75, 3.05) is 13.1 Å². The van der Waals surface area contributed by atoms with Gasteiger partial charge in [0, 0.05) is 25.2 Å². The number of sulfonamides is 1. The van der Waals surface area contributed by atoms with Crippen molar-refractivity contribution in [3.63, 3.8) is 0 Å². The molecule has 4 nitrogen and oxygen atoms in total. The molecule has 1 N–H and O–H groups in total. The molecule has 112 valence electrons. The first-order valence-corrected chi connectivity index (χ1v) is 8.63. The average Bonchev–Trinajstić information content (AvgIpc) is 2.41. The second-order valence-electron chi connectivity index (χ2n) is 5.83. The standard InChI is InChI=1S/C15H24N2O2S/c1-11(2)14-6-5-7-15(10-14)20(18,19)17-9-8-16-12(3)13(17)4/h5-7,10-13,16H,8-9H2,1-4H3. The van der Waals surface area contributed by atoms with Crippen LogP contribution in [0.1, 0.15) is 39.2 Å². The van der Waals surface area contributed by atoms with Crippen LogP contribution < -0.4 is 5.32 Å². The molecule has 0 radical (unpaired) electrons. The fraction of sp³-hybridized carbons (Fsp3) is 0.600. The molecule has 0 aromatic heterocycles. The van der Waals surface area contributed by atoms with Crippen molar-refractivity contribution in [3.05, 3.63) is 29.8 Å². The topological polar surface area (TPSA) is 49.4 Å². The minimum Gasteiger partial charge on any atom is -0.311 e. The van der Waals surface area contributed by atoms with Crippen LogP contribution in [0.5, 0.6) is 0 Å². The minimum absolute atomic E-state index is 0.0311. The summed E-state index contributed by atoms with van der Waals surface area (Å²) >= 11 is 0. The van der Waals surface area contributed by atoms with Gasteiger partial charge in [0.25, 0.3) is 0 Å². The first kappa shape index (κ1) is 15.5. The van der Waals surface area contributed by atoms with Gasteiger partial charge in [0.1, 0.15) is 0 Å². The molecule has 1 saturated heterocycles. The Labute approximate surface area is 122 Å². The zero-order valence-corrected chi connectivity index (χ0v) is 13.4. The molecule has 20 heavy (non-hydrogen) atoms. The Morgan fingerprint density at radius 1 is 1.30 bits per heavy atom. The second kappa shape index (κ2) is 5.84. The van der Waals surface area contributed by atoms with Crippen LogP contribution >= 0.6 is 0 Å². The maximum atomic E-state index is 12.8. The van der Waals surface area contributed by atoms with E-state index in [1.165, 1.54) is 0 Å². The van der Waals surface area contributed by atoms with Crippen molar-refractivity contribution in [1.29, 1.82) is 0 Å². The summed E-state index contributed by atoms with van der Waals surface area (Å²) in [6, 6.07) is 7.45. The summed E-state index contributed by atoms with van der Waals surface area (Å²) in [6.45, 7) is 9.36. The molecule has 1 aromatic rings. The Morgan fingerprint density at radius 2 is 2.00 bits per heavy atom. The van der Waals surface area contributed by atoms with E-state index in [1.807, 2.05) is 26.0 Å². The van der Waals surface area contributed by atoms with Crippen molar-refractivity contribution in [2.45, 2.75) is 50.6 Å². The first-order valence-electron chi connectivity index (χ1n) is 7.19. The van der Waals surface area contributed by atoms with Gasteiger partial charge in [-0.2, -0.15) is 4.31 Å². The molecular formula is C15H24N2O2S. The molecule has 1 aliphatic heterocycles. The number of nitrogens with zero attached hydrogens (tertiary/aromatic N) is 1. The van der Waals surface area contributed by atoms with Gasteiger partial charge in [-0.1, -0.05) is 26.0 Å². The lowest BCUT2D eigenvalue weighted by molar-refractivity contribution is 0.233. The summed E-state index contributed by atoms with van der Waals surface area (Å²) in [6.07, 6.45) is 0. The molecule has 2 rings (SSSR count). The van der Waals surface area contributed by atoms with E-state index in [0.717, 1.165) is 5.56 Å². The van der Waals surface area contributed by atoms with Gasteiger partial charge < -0.3 is 5.32 Å². The van der Waals surface area contributed by atoms with E-state index in [-0.39, 0.29) is 12.1 Å². The van der Waals surface area contributed by atoms with Crippen LogP contribution in [0.4, 0.5) is 0 Å². The summed E-state index contributed by atoms with van der Waals surface area (Å²) in [5.74, 6) is 0.324. The molecule has 0 aliphatic carbocycles. The lowest BCUT2D eigenvalue weighted by Crippen LogP contribution is -2.57. The summed E-state index contributed by atoms with van der Waals surface area (Å²) in [5, 5.41) is 3.31. The van der Waals surface area contributed by atoms with E-state index in [9.17, 15) is 8.42 Å². The van der Waals surface area contributed by atoms with E-state index in [2.05, 4.69) is 19.2 Å². The highest BCUT2D eigenvalue weighted by molar-refractivity contribution is 7.89. The molecule has 0 bridgehead atoms. The van der Waals surface area contributed by atoms with Crippen LogP contribution in [0.2, 0.25) is 0 Å². The molecule has 0 amide bonds. The third-order valence-electron chi connectivity index (χ3n) is 4.11. The Morgan fingerprint density at radius 3 is 2.65 bits per heavy atom. The molecule has 2 unspecified atom stereocenters. The van der Waals surface area contributed by atoms with Gasteiger partial charge >= 0.3 is 0 Å². The van der Waals surface area contributed by atoms with E-state index in [1.54, 1.807) is 16.4 Å². The van der Waals surface area contributed by atoms with Crippen molar-refractivity contribution in [1.82, 2.24) is 9.62 Å². The van der Waals surface area contributed by atoms with Crippen molar-refractivity contribution in [2.24, 2.45) is 0 Å². The lowest BCUT2D eigenvalue weighted by Gasteiger charge is -2.37. The number of hydrogen-bond acceptors (Lipinski definition) is 3. The molecule has 0 saturated carbocycles. The summed E-state index contributed by atoms with van der Waals surface area (Å²) in [5.41, 5.74) is 1.06. The van der Waals surface area contributed by atoms with Gasteiger partial charge in [-0.25, -0.2) is 8.42 Å². The number of nitrogens with one attached hydrogen (secondary N) is 1. The molecule has 2 atom stereocenters. The lowest BCUT2D eigenvalue weighted by atomic mass is 10.0. The second-order valence-corrected chi connectivity index (χ2v) is 7.72. The molecule has 1 aromatic carbocycles. The van der Waals surface area contributed by atoms with E-state index >= 15 is 0 Å². The van der Waals surface area contributed by atoms with Crippen LogP contribution in [0.3, 0.4) is 0 Å². The molecule has 1 heterocycles. The fourth-order valence-electron chi connectivity index (χ4n) is 2.53. The number of piperazine rings is 1. The van der Waals surface area contributed by atoms with Gasteiger partial charge in [-0.3, -0.25) is 0 Å². The molecule has 5 heteroatoms. The smallest absolute Gasteiger partial charge is 0.243 e. The summed E-state index contributed by atoms with van der Waals surface area (Å²) < 4.78 is 27.3. The van der Waals surface area contributed by atoms with Gasteiger partial charge in [0.05, 0.1) is 4.90 Å². The van der Waals surface area contributed by atoms with Gasteiger partial charge in [0.15, 0.2) is 0 Å². The summed E-state index contributed by atoms with van der Waals surface area (Å²) in [4.78, 5) is 0.407. The molecule has 1 fully saturated rings. The van der Waals surface area contributed by atoms with Crippen LogP contribution in [0.25, 0.3) is 0 Å². The van der Waals surface area contributed by atoms with Gasteiger partial charge in [-0.05, 0) is 37.5 Å². The number of rotatable bonds is 3. The molecule has 1 aliphatic rings. The first-order chi connectivity index (χ1) is 9.34. The SMILES string of the molecule is CC(C)c1cccc(S(=O)(=O)N2CCNC(C)C2C)c1. The predicted octanol–water partition coefficient (Wildman–Crippen LogP) is 2.18. The van der Waals surface area contributed by atoms with Gasteiger partial charge in [-0.15, -0.1) is 0 Å². The highest BCUT2D eigenvalue weighted by Crippen LogP contribution is 2.24. The fourth-order valence-corrected chi connectivity index (χ4v) is 4.29. The Kier molecular flexibility index (Phi) is 4.52. The molecule has 0 spiro atoms. The average molecular weight is 296 g/mol. The summed E-state index contributed by atoms with van der Waals surface area (Å²) in [7, 11) is -3.41. The zero-order chi connectivity index (χ0) is 14.9. The van der Waals surface area contributed by atoms with Crippen molar-refractivity contribution in [3.8, 4) is 0 Å². The largest absolute Gasteiger partial charge is 0.311 e. The highest BCUT2D eigenvalue weighted by Gasteiger charge is 2.34. The van der Waals surface area contributed by atoms with Crippen LogP contribution in [0, 0.1) is 0 Å². The normalized spacial score (nSPS) is 25.1. The van der Waals surface area contributed by atoms with Crippen molar-refractivity contribution < 1.29 is 8.42 Å². The maximum absolute atomic E-state index is 12.8. The third-order valence-corrected chi connectivity index (χ3v) is 6.09. The van der Waals surface area contributed by atoms with E-state index < -0.39 is 10.0 Å². The van der Waals surface area contributed by atoms with E-state index in [4.69, 9.17) is 0 Å². The Balaban J connectivity index is 2.37. The predicted molar refractivity (Wildman–Crippen MR) is 81.3 cm³/mol. The van der Waals surface area contributed by atoms with Crippen LogP contribution in [-0.4, -0.2) is 37.9 Å². The minimum atomic E-state index is -3.41. The van der Waals surface area contributed by atoms with E-state index in [0.29, 0.717) is 23.9 Å². The van der Waals surface area contributed by atoms with Gasteiger partial charge in [0.2, 0.25) is 10.0 Å². The monoisotopic (exact) mass is 296 g/mol. The van der Waals surface area contributed by atoms with Crippen molar-refractivity contribution >= 4 is 10.0 Å². The zero-order valence-electron chi connectivity index (χ0n) is 12.6. The number of hydrogen-bond donors (Lipinski definition) is 1. The Bertz CT molecular complexity index is 569. The quantitative estimate of drug-likeness (QED) is 0.930. The van der Waals surface area contributed by atoms with Crippen LogP contribution in [0.15, 0.2) is 29.2 Å². The maximum Gasteiger partial charge on any atom is 0.243 e. The number of benzene rings is 1. The van der Waals surface area contributed by atoms with Crippen LogP contribution in [-0.2, 0) is 10.0 Å². The Hall–Kier alpha value is -0.910. The highest BCUT2D eigenvalue weighted by atomic mass is 32.2. The molecular weight excluding hydrogens is 272 g/mol. The third kappa shape index (κ3) is 2.90.